The molecule has 2 N–H and O–H groups in total. The number of benzene rings is 1. The summed E-state index contributed by atoms with van der Waals surface area (Å²) in [5, 5.41) is 20.6. The molecule has 0 radical (unpaired) electrons. The first-order valence-electron chi connectivity index (χ1n) is 6.88. The van der Waals surface area contributed by atoms with Crippen LogP contribution in [-0.2, 0) is 9.53 Å². The number of fused-ring (bicyclic) bond motifs is 2. The summed E-state index contributed by atoms with van der Waals surface area (Å²) < 4.78 is 5.21. The van der Waals surface area contributed by atoms with Gasteiger partial charge in [-0.25, -0.2) is 0 Å². The van der Waals surface area contributed by atoms with Crippen LogP contribution >= 0.6 is 0 Å². The van der Waals surface area contributed by atoms with Gasteiger partial charge in [-0.3, -0.25) is 9.59 Å². The number of carbonyl (C=O) groups is 2. The number of phenolic OH excluding ortho intramolecular Hbond substituents is 1. The number of aliphatic hydroxyl groups excluding tert-OH is 1. The van der Waals surface area contributed by atoms with Crippen LogP contribution in [0.5, 0.6) is 5.75 Å². The number of carbonyl (C=O) groups excluding carboxylic acids is 2. The SMILES string of the molecule is CC(=O)O[C@H]1C=CC[C@H]2C(=O)c3cccc(O)c3[C@@H](O)[C@H]12. The Morgan fingerprint density at radius 2 is 2.14 bits per heavy atom. The second-order valence-corrected chi connectivity index (χ2v) is 5.47. The van der Waals surface area contributed by atoms with Crippen molar-refractivity contribution < 1.29 is 24.5 Å². The molecule has 0 heterocycles. The van der Waals surface area contributed by atoms with Gasteiger partial charge in [0.05, 0.1) is 6.10 Å². The van der Waals surface area contributed by atoms with Gasteiger partial charge in [0.15, 0.2) is 5.78 Å². The molecule has 0 fully saturated rings. The molecule has 0 bridgehead atoms. The van der Waals surface area contributed by atoms with Crippen molar-refractivity contribution in [2.24, 2.45) is 11.8 Å². The molecule has 0 aliphatic heterocycles. The molecule has 5 heteroatoms. The van der Waals surface area contributed by atoms with E-state index < -0.39 is 30.0 Å². The Kier molecular flexibility index (Phi) is 3.29. The van der Waals surface area contributed by atoms with Crippen molar-refractivity contribution in [3.05, 3.63) is 41.5 Å². The first-order valence-corrected chi connectivity index (χ1v) is 6.88. The molecule has 5 nitrogen and oxygen atoms in total. The van der Waals surface area contributed by atoms with Crippen LogP contribution in [0.4, 0.5) is 0 Å². The predicted molar refractivity (Wildman–Crippen MR) is 73.7 cm³/mol. The summed E-state index contributed by atoms with van der Waals surface area (Å²) >= 11 is 0. The maximum Gasteiger partial charge on any atom is 0.303 e. The van der Waals surface area contributed by atoms with E-state index in [1.165, 1.54) is 13.0 Å². The maximum atomic E-state index is 12.6. The van der Waals surface area contributed by atoms with Crippen LogP contribution in [-0.4, -0.2) is 28.1 Å². The van der Waals surface area contributed by atoms with Crippen LogP contribution in [0.15, 0.2) is 30.4 Å². The van der Waals surface area contributed by atoms with E-state index in [0.29, 0.717) is 12.0 Å². The molecule has 110 valence electrons. The van der Waals surface area contributed by atoms with Crippen LogP contribution in [0.2, 0.25) is 0 Å². The van der Waals surface area contributed by atoms with Crippen molar-refractivity contribution in [3.63, 3.8) is 0 Å². The smallest absolute Gasteiger partial charge is 0.303 e. The first kappa shape index (κ1) is 13.8. The molecule has 0 saturated carbocycles. The molecule has 1 aromatic carbocycles. The fourth-order valence-electron chi connectivity index (χ4n) is 3.34. The molecule has 2 aliphatic carbocycles. The molecule has 0 spiro atoms. The number of hydrogen-bond acceptors (Lipinski definition) is 5. The van der Waals surface area contributed by atoms with E-state index in [0.717, 1.165) is 0 Å². The van der Waals surface area contributed by atoms with E-state index in [-0.39, 0.29) is 17.1 Å². The Hall–Kier alpha value is -2.14. The molecule has 4 atom stereocenters. The molecule has 2 aliphatic rings. The summed E-state index contributed by atoms with van der Waals surface area (Å²) in [7, 11) is 0. The van der Waals surface area contributed by atoms with Crippen LogP contribution in [0.3, 0.4) is 0 Å². The van der Waals surface area contributed by atoms with E-state index in [4.69, 9.17) is 4.74 Å². The Labute approximate surface area is 121 Å². The van der Waals surface area contributed by atoms with Gasteiger partial charge in [-0.1, -0.05) is 18.2 Å². The minimum Gasteiger partial charge on any atom is -0.508 e. The van der Waals surface area contributed by atoms with Gasteiger partial charge in [0, 0.05) is 29.9 Å². The normalized spacial score (nSPS) is 30.5. The lowest BCUT2D eigenvalue weighted by atomic mass is 9.67. The van der Waals surface area contributed by atoms with Crippen molar-refractivity contribution in [1.82, 2.24) is 0 Å². The Bertz CT molecular complexity index is 634. The van der Waals surface area contributed by atoms with Gasteiger partial charge in [-0.2, -0.15) is 0 Å². The van der Waals surface area contributed by atoms with Crippen LogP contribution in [0.1, 0.15) is 35.4 Å². The molecule has 0 saturated heterocycles. The zero-order valence-corrected chi connectivity index (χ0v) is 11.5. The minimum absolute atomic E-state index is 0.108. The average molecular weight is 288 g/mol. The highest BCUT2D eigenvalue weighted by Gasteiger charge is 2.47. The lowest BCUT2D eigenvalue weighted by Crippen LogP contribution is -2.44. The van der Waals surface area contributed by atoms with Crippen molar-refractivity contribution in [3.8, 4) is 5.75 Å². The second-order valence-electron chi connectivity index (χ2n) is 5.47. The van der Waals surface area contributed by atoms with Crippen LogP contribution < -0.4 is 0 Å². The number of rotatable bonds is 1. The monoisotopic (exact) mass is 288 g/mol. The van der Waals surface area contributed by atoms with Gasteiger partial charge in [0.2, 0.25) is 0 Å². The predicted octanol–water partition coefficient (Wildman–Crippen LogP) is 1.75. The summed E-state index contributed by atoms with van der Waals surface area (Å²) in [6.07, 6.45) is 2.29. The highest BCUT2D eigenvalue weighted by Crippen LogP contribution is 2.47. The maximum absolute atomic E-state index is 12.6. The van der Waals surface area contributed by atoms with E-state index >= 15 is 0 Å². The summed E-state index contributed by atoms with van der Waals surface area (Å²) in [6.45, 7) is 1.29. The van der Waals surface area contributed by atoms with Gasteiger partial charge in [0.25, 0.3) is 0 Å². The molecule has 1 aromatic rings. The quantitative estimate of drug-likeness (QED) is 0.607. The molecule has 3 rings (SSSR count). The van der Waals surface area contributed by atoms with E-state index in [9.17, 15) is 19.8 Å². The third kappa shape index (κ3) is 2.14. The zero-order valence-electron chi connectivity index (χ0n) is 11.5. The third-order valence-electron chi connectivity index (χ3n) is 4.21. The largest absolute Gasteiger partial charge is 0.508 e. The zero-order chi connectivity index (χ0) is 15.1. The summed E-state index contributed by atoms with van der Waals surface area (Å²) in [4.78, 5) is 23.8. The van der Waals surface area contributed by atoms with Crippen LogP contribution in [0.25, 0.3) is 0 Å². The van der Waals surface area contributed by atoms with Gasteiger partial charge < -0.3 is 14.9 Å². The number of Topliss-reactive ketones (excluding diaryl/α,β-unsaturated/α-hetero) is 1. The van der Waals surface area contributed by atoms with E-state index in [1.54, 1.807) is 24.3 Å². The average Bonchev–Trinajstić information content (AvgIpc) is 2.43. The lowest BCUT2D eigenvalue weighted by molar-refractivity contribution is -0.150. The van der Waals surface area contributed by atoms with Gasteiger partial charge in [-0.15, -0.1) is 0 Å². The van der Waals surface area contributed by atoms with E-state index in [2.05, 4.69) is 0 Å². The molecule has 0 aromatic heterocycles. The van der Waals surface area contributed by atoms with Gasteiger partial charge in [-0.05, 0) is 18.6 Å². The Balaban J connectivity index is 2.08. The van der Waals surface area contributed by atoms with Gasteiger partial charge >= 0.3 is 5.97 Å². The Morgan fingerprint density at radius 3 is 2.86 bits per heavy atom. The number of esters is 1. The molecule has 0 unspecified atom stereocenters. The topological polar surface area (TPSA) is 83.8 Å². The highest BCUT2D eigenvalue weighted by molar-refractivity contribution is 6.01. The molecular formula is C16H16O5. The fraction of sp³-hybridized carbons (Fsp3) is 0.375. The van der Waals surface area contributed by atoms with Crippen molar-refractivity contribution in [2.45, 2.75) is 25.6 Å². The minimum atomic E-state index is -1.04. The summed E-state index contributed by atoms with van der Waals surface area (Å²) in [5.41, 5.74) is 0.580. The number of allylic oxidation sites excluding steroid dienone is 1. The third-order valence-corrected chi connectivity index (χ3v) is 4.21. The Morgan fingerprint density at radius 1 is 1.38 bits per heavy atom. The number of hydrogen-bond donors (Lipinski definition) is 2. The standard InChI is InChI=1S/C16H16O5/c1-8(17)21-12-7-3-5-10-14(12)16(20)13-9(15(10)19)4-2-6-11(13)18/h2-4,6-7,10,12,14,16,18,20H,5H2,1H3/t10-,12+,14+,16-/m1/s1. The molecule has 0 amide bonds. The van der Waals surface area contributed by atoms with Crippen LogP contribution in [0, 0.1) is 11.8 Å². The number of ether oxygens (including phenoxy) is 1. The van der Waals surface area contributed by atoms with Crippen molar-refractivity contribution >= 4 is 11.8 Å². The highest BCUT2D eigenvalue weighted by atomic mass is 16.5. The van der Waals surface area contributed by atoms with Crippen molar-refractivity contribution in [2.75, 3.05) is 0 Å². The number of phenols is 1. The first-order chi connectivity index (χ1) is 10.0. The molecular weight excluding hydrogens is 272 g/mol. The number of aliphatic hydroxyl groups is 1. The van der Waals surface area contributed by atoms with Gasteiger partial charge in [0.1, 0.15) is 11.9 Å². The number of ketones is 1. The molecule has 21 heavy (non-hydrogen) atoms. The lowest BCUT2D eigenvalue weighted by Gasteiger charge is -2.40. The van der Waals surface area contributed by atoms with E-state index in [1.807, 2.05) is 0 Å². The summed E-state index contributed by atoms with van der Waals surface area (Å²) in [5.74, 6) is -1.70. The summed E-state index contributed by atoms with van der Waals surface area (Å²) in [6, 6.07) is 4.63. The fourth-order valence-corrected chi connectivity index (χ4v) is 3.34. The second kappa shape index (κ2) is 5.00. The van der Waals surface area contributed by atoms with Crippen molar-refractivity contribution in [1.29, 1.82) is 0 Å². The number of aromatic hydroxyl groups is 1.